The highest BCUT2D eigenvalue weighted by atomic mass is 35.5. The normalized spacial score (nSPS) is 10.7. The van der Waals surface area contributed by atoms with Crippen LogP contribution in [0.25, 0.3) is 11.3 Å². The Morgan fingerprint density at radius 3 is 2.75 bits per heavy atom. The molecule has 28 heavy (non-hydrogen) atoms. The van der Waals surface area contributed by atoms with Gasteiger partial charge in [0.1, 0.15) is 11.6 Å². The van der Waals surface area contributed by atoms with Gasteiger partial charge in [-0.05, 0) is 24.3 Å². The van der Waals surface area contributed by atoms with E-state index in [-0.39, 0.29) is 24.8 Å². The van der Waals surface area contributed by atoms with Gasteiger partial charge in [0, 0.05) is 30.4 Å². The van der Waals surface area contributed by atoms with E-state index in [1.807, 2.05) is 0 Å². The lowest BCUT2D eigenvalue weighted by atomic mass is 10.1. The van der Waals surface area contributed by atoms with E-state index in [0.29, 0.717) is 33.3 Å². The minimum atomic E-state index is -0.303. The van der Waals surface area contributed by atoms with Gasteiger partial charge in [0.2, 0.25) is 5.91 Å². The topological polar surface area (TPSA) is 68.2 Å². The molecule has 0 aliphatic carbocycles. The summed E-state index contributed by atoms with van der Waals surface area (Å²) in [6.45, 7) is 0.306. The summed E-state index contributed by atoms with van der Waals surface area (Å²) in [6, 6.07) is 11.7. The highest BCUT2D eigenvalue weighted by Gasteiger charge is 2.15. The van der Waals surface area contributed by atoms with Gasteiger partial charge in [-0.25, -0.2) is 4.39 Å². The third-order valence-corrected chi connectivity index (χ3v) is 4.47. The van der Waals surface area contributed by atoms with Gasteiger partial charge in [-0.3, -0.25) is 9.48 Å². The standard InChI is InChI=1S/C20H20ClFN4O2/c1-26-20(16(21)11-24-26)15-9-14(7-8-18(15)28-2)25-19(27)12-23-10-13-5-3-4-6-17(13)22/h3-9,11,23H,10,12H2,1-2H3,(H,25,27). The molecule has 0 radical (unpaired) electrons. The third kappa shape index (κ3) is 4.49. The van der Waals surface area contributed by atoms with Crippen LogP contribution in [0.15, 0.2) is 48.7 Å². The predicted octanol–water partition coefficient (Wildman–Crippen LogP) is 3.62. The molecular weight excluding hydrogens is 383 g/mol. The first-order valence-electron chi connectivity index (χ1n) is 8.59. The van der Waals surface area contributed by atoms with Gasteiger partial charge in [0.25, 0.3) is 0 Å². The van der Waals surface area contributed by atoms with E-state index in [1.54, 1.807) is 61.4 Å². The van der Waals surface area contributed by atoms with Crippen molar-refractivity contribution in [3.63, 3.8) is 0 Å². The highest BCUT2D eigenvalue weighted by Crippen LogP contribution is 2.36. The van der Waals surface area contributed by atoms with Crippen molar-refractivity contribution in [1.29, 1.82) is 0 Å². The zero-order chi connectivity index (χ0) is 20.1. The number of nitrogens with one attached hydrogen (secondary N) is 2. The Balaban J connectivity index is 1.68. The molecular formula is C20H20ClFN4O2. The summed E-state index contributed by atoms with van der Waals surface area (Å²) >= 11 is 6.24. The van der Waals surface area contributed by atoms with Crippen molar-refractivity contribution in [2.45, 2.75) is 6.54 Å². The van der Waals surface area contributed by atoms with Crippen LogP contribution in [0.1, 0.15) is 5.56 Å². The van der Waals surface area contributed by atoms with Gasteiger partial charge < -0.3 is 15.4 Å². The maximum absolute atomic E-state index is 13.6. The molecule has 1 amide bonds. The van der Waals surface area contributed by atoms with Crippen LogP contribution in [0.3, 0.4) is 0 Å². The summed E-state index contributed by atoms with van der Waals surface area (Å²) < 4.78 is 20.7. The Morgan fingerprint density at radius 2 is 2.07 bits per heavy atom. The molecule has 146 valence electrons. The number of nitrogens with zero attached hydrogens (tertiary/aromatic N) is 2. The second-order valence-electron chi connectivity index (χ2n) is 6.12. The molecule has 1 heterocycles. The van der Waals surface area contributed by atoms with E-state index in [9.17, 15) is 9.18 Å². The number of hydrogen-bond acceptors (Lipinski definition) is 4. The van der Waals surface area contributed by atoms with E-state index in [2.05, 4.69) is 15.7 Å². The molecule has 0 aliphatic heterocycles. The molecule has 0 fully saturated rings. The van der Waals surface area contributed by atoms with Gasteiger partial charge >= 0.3 is 0 Å². The summed E-state index contributed by atoms with van der Waals surface area (Å²) in [5, 5.41) is 10.4. The number of amides is 1. The minimum absolute atomic E-state index is 0.0438. The largest absolute Gasteiger partial charge is 0.496 e. The molecule has 8 heteroatoms. The van der Waals surface area contributed by atoms with Crippen LogP contribution in [-0.2, 0) is 18.4 Å². The SMILES string of the molecule is COc1ccc(NC(=O)CNCc2ccccc2F)cc1-c1c(Cl)cnn1C. The minimum Gasteiger partial charge on any atom is -0.496 e. The van der Waals surface area contributed by atoms with Crippen LogP contribution in [0, 0.1) is 5.82 Å². The molecule has 1 aromatic heterocycles. The van der Waals surface area contributed by atoms with Crippen LogP contribution in [0.4, 0.5) is 10.1 Å². The fourth-order valence-corrected chi connectivity index (χ4v) is 3.11. The van der Waals surface area contributed by atoms with Gasteiger partial charge in [0.05, 0.1) is 30.6 Å². The number of ether oxygens (including phenoxy) is 1. The van der Waals surface area contributed by atoms with Crippen molar-refractivity contribution in [3.8, 4) is 17.0 Å². The van der Waals surface area contributed by atoms with Crippen molar-refractivity contribution in [2.24, 2.45) is 7.05 Å². The molecule has 0 atom stereocenters. The van der Waals surface area contributed by atoms with Gasteiger partial charge in [0.15, 0.2) is 0 Å². The first kappa shape index (κ1) is 19.9. The predicted molar refractivity (Wildman–Crippen MR) is 107 cm³/mol. The molecule has 0 bridgehead atoms. The Hall–Kier alpha value is -2.90. The molecule has 0 aliphatic rings. The van der Waals surface area contributed by atoms with Crippen molar-refractivity contribution in [3.05, 3.63) is 65.1 Å². The molecule has 3 rings (SSSR count). The number of rotatable bonds is 7. The average molecular weight is 403 g/mol. The number of aromatic nitrogens is 2. The lowest BCUT2D eigenvalue weighted by Crippen LogP contribution is -2.28. The fraction of sp³-hybridized carbons (Fsp3) is 0.200. The smallest absolute Gasteiger partial charge is 0.238 e. The summed E-state index contributed by atoms with van der Waals surface area (Å²) in [5.74, 6) is 0.0630. The number of aryl methyl sites for hydroxylation is 1. The number of hydrogen-bond donors (Lipinski definition) is 2. The van der Waals surface area contributed by atoms with Crippen LogP contribution in [-0.4, -0.2) is 29.3 Å². The Kier molecular flexibility index (Phi) is 6.28. The maximum Gasteiger partial charge on any atom is 0.238 e. The molecule has 3 aromatic rings. The maximum atomic E-state index is 13.6. The lowest BCUT2D eigenvalue weighted by Gasteiger charge is -2.13. The number of benzene rings is 2. The summed E-state index contributed by atoms with van der Waals surface area (Å²) in [4.78, 5) is 12.2. The summed E-state index contributed by atoms with van der Waals surface area (Å²) in [6.07, 6.45) is 1.55. The highest BCUT2D eigenvalue weighted by molar-refractivity contribution is 6.33. The Morgan fingerprint density at radius 1 is 1.29 bits per heavy atom. The van der Waals surface area contributed by atoms with E-state index >= 15 is 0 Å². The van der Waals surface area contributed by atoms with Crippen molar-refractivity contribution >= 4 is 23.2 Å². The van der Waals surface area contributed by atoms with E-state index in [0.717, 1.165) is 0 Å². The molecule has 6 nitrogen and oxygen atoms in total. The molecule has 2 N–H and O–H groups in total. The number of halogens is 2. The van der Waals surface area contributed by atoms with E-state index < -0.39 is 0 Å². The van der Waals surface area contributed by atoms with Gasteiger partial charge in [-0.15, -0.1) is 0 Å². The van der Waals surface area contributed by atoms with Crippen LogP contribution < -0.4 is 15.4 Å². The van der Waals surface area contributed by atoms with E-state index in [4.69, 9.17) is 16.3 Å². The zero-order valence-corrected chi connectivity index (χ0v) is 16.3. The quantitative estimate of drug-likeness (QED) is 0.633. The molecule has 0 unspecified atom stereocenters. The Bertz CT molecular complexity index is 971. The summed E-state index contributed by atoms with van der Waals surface area (Å²) in [5.41, 5.74) is 2.50. The Labute approximate surface area is 167 Å². The molecule has 0 saturated heterocycles. The van der Waals surface area contributed by atoms with E-state index in [1.165, 1.54) is 6.07 Å². The van der Waals surface area contributed by atoms with Gasteiger partial charge in [-0.1, -0.05) is 29.8 Å². The van der Waals surface area contributed by atoms with Crippen LogP contribution in [0.2, 0.25) is 5.02 Å². The van der Waals surface area contributed by atoms with Crippen molar-refractivity contribution in [1.82, 2.24) is 15.1 Å². The number of methoxy groups -OCH3 is 1. The monoisotopic (exact) mass is 402 g/mol. The zero-order valence-electron chi connectivity index (χ0n) is 15.5. The second kappa shape index (κ2) is 8.86. The van der Waals surface area contributed by atoms with Crippen molar-refractivity contribution < 1.29 is 13.9 Å². The first-order valence-corrected chi connectivity index (χ1v) is 8.97. The third-order valence-electron chi connectivity index (χ3n) is 4.19. The van der Waals surface area contributed by atoms with Crippen molar-refractivity contribution in [2.75, 3.05) is 19.0 Å². The number of anilines is 1. The lowest BCUT2D eigenvalue weighted by molar-refractivity contribution is -0.115. The number of carbonyl (C=O) groups is 1. The summed E-state index contributed by atoms with van der Waals surface area (Å²) in [7, 11) is 3.34. The number of carbonyl (C=O) groups excluding carboxylic acids is 1. The average Bonchev–Trinajstić information content (AvgIpc) is 3.01. The first-order chi connectivity index (χ1) is 13.5. The second-order valence-corrected chi connectivity index (χ2v) is 6.53. The molecule has 2 aromatic carbocycles. The fourth-order valence-electron chi connectivity index (χ4n) is 2.84. The van der Waals surface area contributed by atoms with Crippen LogP contribution >= 0.6 is 11.6 Å². The molecule has 0 spiro atoms. The van der Waals surface area contributed by atoms with Gasteiger partial charge in [-0.2, -0.15) is 5.10 Å². The molecule has 0 saturated carbocycles. The van der Waals surface area contributed by atoms with Crippen LogP contribution in [0.5, 0.6) is 5.75 Å².